The zero-order valence-electron chi connectivity index (χ0n) is 8.06. The van der Waals surface area contributed by atoms with Crippen LogP contribution in [0.4, 0.5) is 0 Å². The fourth-order valence-electron chi connectivity index (χ4n) is 0.884. The Hall–Kier alpha value is -1.19. The van der Waals surface area contributed by atoms with E-state index >= 15 is 0 Å². The van der Waals surface area contributed by atoms with Gasteiger partial charge in [0.05, 0.1) is 11.5 Å². The quantitative estimate of drug-likeness (QED) is 0.297. The van der Waals surface area contributed by atoms with Gasteiger partial charge in [-0.3, -0.25) is 0 Å². The number of hydrogen-bond acceptors (Lipinski definition) is 5. The summed E-state index contributed by atoms with van der Waals surface area (Å²) >= 11 is 0. The average Bonchev–Trinajstić information content (AvgIpc) is 2.16. The van der Waals surface area contributed by atoms with Crippen molar-refractivity contribution < 1.29 is 35.8 Å². The minimum absolute atomic E-state index is 0. The first-order valence-electron chi connectivity index (χ1n) is 3.31. The van der Waals surface area contributed by atoms with Crippen molar-refractivity contribution >= 4 is 35.0 Å². The normalized spacial score (nSPS) is 7.56. The first-order valence-corrected chi connectivity index (χ1v) is 3.31. The Morgan fingerprint density at radius 1 is 1.06 bits per heavy atom. The minimum Gasteiger partial charge on any atom is -0.661 e. The maximum atomic E-state index is 10.7. The molecule has 0 atom stereocenters. The molecular weight excluding hydrogens is 232 g/mol. The van der Waals surface area contributed by atoms with E-state index in [1.807, 2.05) is 0 Å². The van der Waals surface area contributed by atoms with Crippen molar-refractivity contribution in [3.05, 3.63) is 35.4 Å². The van der Waals surface area contributed by atoms with Gasteiger partial charge in [0.15, 0.2) is 0 Å². The van der Waals surface area contributed by atoms with E-state index in [4.69, 9.17) is 0 Å². The molecule has 0 saturated carbocycles. The molecule has 0 aliphatic carbocycles. The molecule has 0 bridgehead atoms. The third kappa shape index (κ3) is 4.55. The van der Waals surface area contributed by atoms with Gasteiger partial charge in [0.1, 0.15) is 0 Å². The smallest absolute Gasteiger partial charge is 0.661 e. The van der Waals surface area contributed by atoms with Crippen LogP contribution in [0.15, 0.2) is 24.3 Å². The van der Waals surface area contributed by atoms with E-state index < -0.39 is 11.9 Å². The Morgan fingerprint density at radius 2 is 1.50 bits per heavy atom. The summed E-state index contributed by atoms with van der Waals surface area (Å²) in [6.07, 6.45) is 0. The summed E-state index contributed by atoms with van der Waals surface area (Å²) in [5, 5.41) is 20.2. The molecule has 0 aliphatic rings. The van der Waals surface area contributed by atoms with Crippen molar-refractivity contribution in [1.82, 2.24) is 0 Å². The van der Waals surface area contributed by atoms with Crippen molar-refractivity contribution in [2.24, 2.45) is 0 Å². The second-order valence-corrected chi connectivity index (χ2v) is 2.20. The van der Waals surface area contributed by atoms with Crippen molar-refractivity contribution in [2.75, 3.05) is 0 Å². The molecule has 0 aromatic heterocycles. The van der Waals surface area contributed by atoms with Gasteiger partial charge in [0.2, 0.25) is 0 Å². The Balaban J connectivity index is -0.000000563. The zero-order valence-corrected chi connectivity index (χ0v) is 9.47. The molecule has 8 heteroatoms. The number of hydrogen-bond donors (Lipinski definition) is 0. The van der Waals surface area contributed by atoms with E-state index in [0.717, 1.165) is 6.07 Å². The summed E-state index contributed by atoms with van der Waals surface area (Å²) in [6.45, 7) is 0. The zero-order chi connectivity index (χ0) is 9.84. The van der Waals surface area contributed by atoms with Gasteiger partial charge in [-0.15, -0.1) is 0 Å². The number of aromatic carboxylic acids is 1. The van der Waals surface area contributed by atoms with E-state index in [9.17, 15) is 20.0 Å². The molecule has 1 aromatic carbocycles. The standard InChI is InChI=1S/C8H6O5.Mg.2H2O/c9-7(10)5-3-1-2-4-6(5)8(11)13-12;;;/h1-4,12H,(H,9,10);;2*1H2/q;+2;;/p-2. The Morgan fingerprint density at radius 3 is 1.88 bits per heavy atom. The van der Waals surface area contributed by atoms with Crippen LogP contribution in [0.2, 0.25) is 0 Å². The summed E-state index contributed by atoms with van der Waals surface area (Å²) in [6, 6.07) is 5.15. The molecule has 0 saturated heterocycles. The molecule has 0 spiro atoms. The van der Waals surface area contributed by atoms with Gasteiger partial charge in [-0.25, -0.2) is 4.79 Å². The summed E-state index contributed by atoms with van der Waals surface area (Å²) in [4.78, 5) is 24.3. The number of rotatable bonds is 2. The first-order chi connectivity index (χ1) is 6.16. The molecule has 1 rings (SSSR count). The maximum Gasteiger partial charge on any atom is 2.00 e. The molecule has 0 amide bonds. The molecule has 0 fully saturated rings. The second kappa shape index (κ2) is 9.06. The summed E-state index contributed by atoms with van der Waals surface area (Å²) in [7, 11) is 0. The fourth-order valence-corrected chi connectivity index (χ4v) is 0.884. The van der Waals surface area contributed by atoms with Gasteiger partial charge >= 0.3 is 29.0 Å². The number of carbonyl (C=O) groups excluding carboxylic acids is 2. The van der Waals surface area contributed by atoms with Crippen molar-refractivity contribution in [3.8, 4) is 0 Å². The number of carboxylic acids is 1. The monoisotopic (exact) mass is 240 g/mol. The molecule has 1 aromatic rings. The number of carbonyl (C=O) groups is 2. The van der Waals surface area contributed by atoms with Crippen LogP contribution in [0.25, 0.3) is 0 Å². The summed E-state index contributed by atoms with van der Waals surface area (Å²) in [5.74, 6) is -2.76. The third-order valence-corrected chi connectivity index (χ3v) is 1.44. The predicted molar refractivity (Wildman–Crippen MR) is 49.2 cm³/mol. The van der Waals surface area contributed by atoms with Crippen LogP contribution < -0.4 is 10.4 Å². The van der Waals surface area contributed by atoms with Crippen LogP contribution in [0.5, 0.6) is 0 Å². The summed E-state index contributed by atoms with van der Waals surface area (Å²) in [5.41, 5.74) is -0.666. The van der Waals surface area contributed by atoms with E-state index in [2.05, 4.69) is 4.89 Å². The van der Waals surface area contributed by atoms with Crippen molar-refractivity contribution in [3.63, 3.8) is 0 Å². The van der Waals surface area contributed by atoms with Crippen molar-refractivity contribution in [2.45, 2.75) is 0 Å². The van der Waals surface area contributed by atoms with E-state index in [1.165, 1.54) is 18.2 Å². The fraction of sp³-hybridized carbons (Fsp3) is 0. The van der Waals surface area contributed by atoms with E-state index in [-0.39, 0.29) is 45.1 Å². The molecule has 84 valence electrons. The van der Waals surface area contributed by atoms with Crippen LogP contribution in [0.1, 0.15) is 20.7 Å². The number of carboxylic acid groups (broad SMARTS) is 1. The van der Waals surface area contributed by atoms with Gasteiger partial charge in [0, 0.05) is 5.56 Å². The molecule has 0 unspecified atom stereocenters. The van der Waals surface area contributed by atoms with Crippen LogP contribution >= 0.6 is 0 Å². The van der Waals surface area contributed by atoms with Gasteiger partial charge in [-0.2, -0.15) is 0 Å². The Labute approximate surface area is 106 Å². The van der Waals surface area contributed by atoms with Gasteiger partial charge < -0.3 is 31.0 Å². The van der Waals surface area contributed by atoms with Gasteiger partial charge in [-0.05, 0) is 6.07 Å². The molecular formula is C8H8MgO7. The molecule has 4 N–H and O–H groups in total. The topological polar surface area (TPSA) is 152 Å². The molecule has 0 heterocycles. The van der Waals surface area contributed by atoms with Gasteiger partial charge in [-0.1, -0.05) is 18.2 Å². The Kier molecular flexibility index (Phi) is 11.5. The largest absolute Gasteiger partial charge is 2.00 e. The average molecular weight is 240 g/mol. The van der Waals surface area contributed by atoms with Gasteiger partial charge in [0.25, 0.3) is 0 Å². The minimum atomic E-state index is -1.53. The molecule has 0 radical (unpaired) electrons. The number of benzene rings is 1. The SMILES string of the molecule is O.O.O=C([O-])c1ccccc1C(=O)O[O-].[Mg+2]. The third-order valence-electron chi connectivity index (χ3n) is 1.44. The van der Waals surface area contributed by atoms with E-state index in [1.54, 1.807) is 0 Å². The maximum absolute atomic E-state index is 10.7. The van der Waals surface area contributed by atoms with E-state index in [0.29, 0.717) is 0 Å². The first kappa shape index (κ1) is 20.2. The molecule has 16 heavy (non-hydrogen) atoms. The molecule has 7 nitrogen and oxygen atoms in total. The predicted octanol–water partition coefficient (Wildman–Crippen LogP) is -3.55. The summed E-state index contributed by atoms with van der Waals surface area (Å²) < 4.78 is 0. The van der Waals surface area contributed by atoms with Crippen molar-refractivity contribution in [1.29, 1.82) is 0 Å². The van der Waals surface area contributed by atoms with Crippen LogP contribution in [-0.2, 0) is 4.89 Å². The van der Waals surface area contributed by atoms with Crippen LogP contribution in [0, 0.1) is 0 Å². The molecule has 0 aliphatic heterocycles. The van der Waals surface area contributed by atoms with Crippen LogP contribution in [-0.4, -0.2) is 45.9 Å². The van der Waals surface area contributed by atoms with Crippen LogP contribution in [0.3, 0.4) is 0 Å². The Bertz CT molecular complexity index is 352. The second-order valence-electron chi connectivity index (χ2n) is 2.20.